The van der Waals surface area contributed by atoms with E-state index in [1.807, 2.05) is 12.1 Å². The summed E-state index contributed by atoms with van der Waals surface area (Å²) in [6.45, 7) is 6.00. The van der Waals surface area contributed by atoms with Gasteiger partial charge in [-0.3, -0.25) is 4.90 Å². The Morgan fingerprint density at radius 1 is 0.944 bits per heavy atom. The molecule has 1 nitrogen and oxygen atoms in total. The molecule has 18 heavy (non-hydrogen) atoms. The lowest BCUT2D eigenvalue weighted by atomic mass is 10.1. The van der Waals surface area contributed by atoms with Crippen molar-refractivity contribution in [1.82, 2.24) is 4.90 Å². The summed E-state index contributed by atoms with van der Waals surface area (Å²) >= 11 is 0. The molecule has 0 amide bonds. The molecule has 0 aliphatic rings. The highest BCUT2D eigenvalue weighted by molar-refractivity contribution is 5.64. The summed E-state index contributed by atoms with van der Waals surface area (Å²) in [4.78, 5) is 2.28. The zero-order chi connectivity index (χ0) is 12.8. The van der Waals surface area contributed by atoms with Crippen LogP contribution in [-0.4, -0.2) is 18.5 Å². The van der Waals surface area contributed by atoms with Crippen LogP contribution in [0.3, 0.4) is 0 Å². The maximum Gasteiger partial charge on any atom is 0.0234 e. The monoisotopic (exact) mass is 237 g/mol. The van der Waals surface area contributed by atoms with E-state index in [0.717, 1.165) is 18.7 Å². The van der Waals surface area contributed by atoms with Crippen molar-refractivity contribution in [2.24, 2.45) is 0 Å². The molecule has 0 aromatic heterocycles. The molecule has 0 aliphatic heterocycles. The van der Waals surface area contributed by atoms with E-state index in [4.69, 9.17) is 0 Å². The Morgan fingerprint density at radius 3 is 2.11 bits per heavy atom. The van der Waals surface area contributed by atoms with Crippen molar-refractivity contribution in [3.8, 4) is 0 Å². The van der Waals surface area contributed by atoms with Crippen LogP contribution in [0.1, 0.15) is 11.1 Å². The van der Waals surface area contributed by atoms with Crippen LogP contribution in [0.15, 0.2) is 67.2 Å². The fourth-order valence-corrected chi connectivity index (χ4v) is 2.04. The second-order valence-electron chi connectivity index (χ2n) is 4.63. The zero-order valence-corrected chi connectivity index (χ0v) is 10.8. The molecule has 0 N–H and O–H groups in total. The molecular weight excluding hydrogens is 218 g/mol. The summed E-state index contributed by atoms with van der Waals surface area (Å²) in [6, 6.07) is 20.9. The van der Waals surface area contributed by atoms with Gasteiger partial charge in [0.25, 0.3) is 0 Å². The van der Waals surface area contributed by atoms with Crippen molar-refractivity contribution in [2.75, 3.05) is 13.6 Å². The molecule has 0 unspecified atom stereocenters. The molecule has 0 atom stereocenters. The van der Waals surface area contributed by atoms with E-state index in [0.29, 0.717) is 0 Å². The highest BCUT2D eigenvalue weighted by atomic mass is 15.1. The topological polar surface area (TPSA) is 3.24 Å². The van der Waals surface area contributed by atoms with Gasteiger partial charge >= 0.3 is 0 Å². The number of likely N-dealkylation sites (N-methyl/N-ethyl adjacent to an activating group) is 1. The van der Waals surface area contributed by atoms with Gasteiger partial charge in [0.05, 0.1) is 0 Å². The van der Waals surface area contributed by atoms with Crippen LogP contribution in [0.5, 0.6) is 0 Å². The first-order valence-corrected chi connectivity index (χ1v) is 6.21. The molecule has 0 radical (unpaired) electrons. The fourth-order valence-electron chi connectivity index (χ4n) is 2.04. The predicted octanol–water partition coefficient (Wildman–Crippen LogP) is 3.83. The first-order chi connectivity index (χ1) is 8.75. The van der Waals surface area contributed by atoms with E-state index in [1.165, 1.54) is 11.1 Å². The second kappa shape index (κ2) is 6.18. The lowest BCUT2D eigenvalue weighted by Crippen LogP contribution is -2.19. The van der Waals surface area contributed by atoms with Crippen LogP contribution in [0, 0.1) is 0 Å². The van der Waals surface area contributed by atoms with Gasteiger partial charge in [-0.25, -0.2) is 0 Å². The van der Waals surface area contributed by atoms with Gasteiger partial charge in [-0.1, -0.05) is 67.2 Å². The van der Waals surface area contributed by atoms with Gasteiger partial charge in [0.2, 0.25) is 0 Å². The number of benzene rings is 2. The minimum Gasteiger partial charge on any atom is -0.298 e. The third-order valence-electron chi connectivity index (χ3n) is 2.94. The molecule has 2 aromatic rings. The van der Waals surface area contributed by atoms with E-state index in [1.54, 1.807) is 0 Å². The molecular formula is C17H19N. The van der Waals surface area contributed by atoms with Gasteiger partial charge in [-0.05, 0) is 23.7 Å². The van der Waals surface area contributed by atoms with Crippen molar-refractivity contribution in [3.63, 3.8) is 0 Å². The third-order valence-corrected chi connectivity index (χ3v) is 2.94. The van der Waals surface area contributed by atoms with Crippen molar-refractivity contribution in [1.29, 1.82) is 0 Å². The van der Waals surface area contributed by atoms with Crippen molar-refractivity contribution in [3.05, 3.63) is 78.4 Å². The molecule has 2 aromatic carbocycles. The molecule has 2 rings (SSSR count). The largest absolute Gasteiger partial charge is 0.298 e. The first-order valence-electron chi connectivity index (χ1n) is 6.21. The van der Waals surface area contributed by atoms with Gasteiger partial charge in [-0.15, -0.1) is 0 Å². The molecule has 0 bridgehead atoms. The second-order valence-corrected chi connectivity index (χ2v) is 4.63. The van der Waals surface area contributed by atoms with Crippen LogP contribution in [0.2, 0.25) is 0 Å². The van der Waals surface area contributed by atoms with Crippen LogP contribution in [-0.2, 0) is 6.54 Å². The van der Waals surface area contributed by atoms with Crippen LogP contribution in [0.25, 0.3) is 5.57 Å². The summed E-state index contributed by atoms with van der Waals surface area (Å²) in [5, 5.41) is 0. The maximum absolute atomic E-state index is 4.16. The van der Waals surface area contributed by atoms with Crippen molar-refractivity contribution in [2.45, 2.75) is 6.54 Å². The van der Waals surface area contributed by atoms with E-state index in [2.05, 4.69) is 67.1 Å². The minimum atomic E-state index is 0.888. The Hall–Kier alpha value is -1.86. The van der Waals surface area contributed by atoms with E-state index < -0.39 is 0 Å². The number of hydrogen-bond donors (Lipinski definition) is 0. The van der Waals surface area contributed by atoms with E-state index in [-0.39, 0.29) is 0 Å². The Labute approximate surface area is 109 Å². The Bertz CT molecular complexity index is 488. The summed E-state index contributed by atoms with van der Waals surface area (Å²) in [5.74, 6) is 0. The minimum absolute atomic E-state index is 0.888. The normalized spacial score (nSPS) is 10.6. The zero-order valence-electron chi connectivity index (χ0n) is 10.8. The maximum atomic E-state index is 4.16. The first kappa shape index (κ1) is 12.6. The molecule has 0 saturated heterocycles. The van der Waals surface area contributed by atoms with Crippen LogP contribution >= 0.6 is 0 Å². The smallest absolute Gasteiger partial charge is 0.0234 e. The van der Waals surface area contributed by atoms with Gasteiger partial charge in [0.15, 0.2) is 0 Å². The van der Waals surface area contributed by atoms with Crippen LogP contribution < -0.4 is 0 Å². The van der Waals surface area contributed by atoms with Gasteiger partial charge < -0.3 is 0 Å². The SMILES string of the molecule is C=C(CN(C)Cc1ccccc1)c1ccccc1. The highest BCUT2D eigenvalue weighted by Crippen LogP contribution is 2.13. The van der Waals surface area contributed by atoms with Gasteiger partial charge in [0.1, 0.15) is 0 Å². The lowest BCUT2D eigenvalue weighted by Gasteiger charge is -2.18. The molecule has 0 spiro atoms. The molecule has 92 valence electrons. The molecule has 0 fully saturated rings. The van der Waals surface area contributed by atoms with Crippen molar-refractivity contribution < 1.29 is 0 Å². The van der Waals surface area contributed by atoms with Crippen LogP contribution in [0.4, 0.5) is 0 Å². The van der Waals surface area contributed by atoms with Gasteiger partial charge in [0, 0.05) is 13.1 Å². The number of nitrogens with zero attached hydrogens (tertiary/aromatic N) is 1. The summed E-state index contributed by atoms with van der Waals surface area (Å²) in [7, 11) is 2.13. The quantitative estimate of drug-likeness (QED) is 0.764. The predicted molar refractivity (Wildman–Crippen MR) is 78.3 cm³/mol. The lowest BCUT2D eigenvalue weighted by molar-refractivity contribution is 0.369. The molecule has 1 heteroatoms. The average Bonchev–Trinajstić information content (AvgIpc) is 2.40. The fraction of sp³-hybridized carbons (Fsp3) is 0.176. The number of hydrogen-bond acceptors (Lipinski definition) is 1. The molecule has 0 heterocycles. The summed E-state index contributed by atoms with van der Waals surface area (Å²) < 4.78 is 0. The van der Waals surface area contributed by atoms with E-state index >= 15 is 0 Å². The highest BCUT2D eigenvalue weighted by Gasteiger charge is 2.03. The van der Waals surface area contributed by atoms with Gasteiger partial charge in [-0.2, -0.15) is 0 Å². The standard InChI is InChI=1S/C17H19N/c1-15(17-11-7-4-8-12-17)13-18(2)14-16-9-5-3-6-10-16/h3-12H,1,13-14H2,2H3. The molecule has 0 saturated carbocycles. The van der Waals surface area contributed by atoms with E-state index in [9.17, 15) is 0 Å². The Kier molecular flexibility index (Phi) is 4.32. The average molecular weight is 237 g/mol. The Balaban J connectivity index is 1.92. The van der Waals surface area contributed by atoms with Crippen molar-refractivity contribution >= 4 is 5.57 Å². The summed E-state index contributed by atoms with van der Waals surface area (Å²) in [6.07, 6.45) is 0. The number of rotatable bonds is 5. The molecule has 0 aliphatic carbocycles. The Morgan fingerprint density at radius 2 is 1.50 bits per heavy atom. The third kappa shape index (κ3) is 3.57. The summed E-state index contributed by atoms with van der Waals surface area (Å²) in [5.41, 5.74) is 3.72.